The lowest BCUT2D eigenvalue weighted by molar-refractivity contribution is 0.111. The van der Waals surface area contributed by atoms with Gasteiger partial charge in [0.1, 0.15) is 10.7 Å². The van der Waals surface area contributed by atoms with Crippen molar-refractivity contribution < 1.29 is 4.79 Å². The Kier molecular flexibility index (Phi) is 2.14. The SMILES string of the molecule is O=Cc1ncccc1-c1nccs1. The lowest BCUT2D eigenvalue weighted by atomic mass is 10.2. The van der Waals surface area contributed by atoms with Gasteiger partial charge in [-0.1, -0.05) is 0 Å². The number of hydrogen-bond acceptors (Lipinski definition) is 4. The lowest BCUT2D eigenvalue weighted by Crippen LogP contribution is -1.89. The molecule has 0 saturated heterocycles. The highest BCUT2D eigenvalue weighted by atomic mass is 32.1. The Labute approximate surface area is 79.1 Å². The summed E-state index contributed by atoms with van der Waals surface area (Å²) in [6.45, 7) is 0. The Bertz CT molecular complexity index is 411. The van der Waals surface area contributed by atoms with Crippen molar-refractivity contribution in [1.29, 1.82) is 0 Å². The van der Waals surface area contributed by atoms with Gasteiger partial charge in [0.05, 0.1) is 0 Å². The van der Waals surface area contributed by atoms with Crippen molar-refractivity contribution in [3.63, 3.8) is 0 Å². The summed E-state index contributed by atoms with van der Waals surface area (Å²) in [5.74, 6) is 0. The number of aldehydes is 1. The Hall–Kier alpha value is -1.55. The van der Waals surface area contributed by atoms with Crippen LogP contribution in [0.1, 0.15) is 10.5 Å². The van der Waals surface area contributed by atoms with Crippen LogP contribution in [0.15, 0.2) is 29.9 Å². The van der Waals surface area contributed by atoms with E-state index in [0.29, 0.717) is 5.69 Å². The minimum absolute atomic E-state index is 0.442. The normalized spacial score (nSPS) is 9.85. The summed E-state index contributed by atoms with van der Waals surface area (Å²) in [6.07, 6.45) is 4.05. The van der Waals surface area contributed by atoms with Gasteiger partial charge in [0.15, 0.2) is 6.29 Å². The Balaban J connectivity index is 2.57. The van der Waals surface area contributed by atoms with Crippen molar-refractivity contribution in [3.05, 3.63) is 35.6 Å². The van der Waals surface area contributed by atoms with Crippen LogP contribution >= 0.6 is 11.3 Å². The van der Waals surface area contributed by atoms with Gasteiger partial charge in [0.2, 0.25) is 0 Å². The molecule has 0 amide bonds. The fourth-order valence-corrected chi connectivity index (χ4v) is 1.72. The van der Waals surface area contributed by atoms with E-state index in [-0.39, 0.29) is 0 Å². The summed E-state index contributed by atoms with van der Waals surface area (Å²) >= 11 is 1.50. The van der Waals surface area contributed by atoms with Gasteiger partial charge in [-0.25, -0.2) is 4.98 Å². The smallest absolute Gasteiger partial charge is 0.169 e. The fraction of sp³-hybridized carbons (Fsp3) is 0. The summed E-state index contributed by atoms with van der Waals surface area (Å²) in [5.41, 5.74) is 1.24. The molecular weight excluding hydrogens is 184 g/mol. The van der Waals surface area contributed by atoms with E-state index in [2.05, 4.69) is 9.97 Å². The molecule has 64 valence electrons. The molecule has 0 aliphatic rings. The monoisotopic (exact) mass is 190 g/mol. The molecule has 0 aliphatic heterocycles. The molecule has 0 aliphatic carbocycles. The molecule has 13 heavy (non-hydrogen) atoms. The van der Waals surface area contributed by atoms with Gasteiger partial charge in [0, 0.05) is 23.3 Å². The first-order valence-corrected chi connectivity index (χ1v) is 4.60. The number of rotatable bonds is 2. The number of pyridine rings is 1. The van der Waals surface area contributed by atoms with E-state index in [4.69, 9.17) is 0 Å². The van der Waals surface area contributed by atoms with Crippen molar-refractivity contribution in [2.45, 2.75) is 0 Å². The zero-order valence-electron chi connectivity index (χ0n) is 6.68. The van der Waals surface area contributed by atoms with Gasteiger partial charge in [-0.15, -0.1) is 11.3 Å². The van der Waals surface area contributed by atoms with Crippen LogP contribution in [0.4, 0.5) is 0 Å². The van der Waals surface area contributed by atoms with Crippen molar-refractivity contribution in [2.24, 2.45) is 0 Å². The molecular formula is C9H6N2OS. The van der Waals surface area contributed by atoms with Crippen LogP contribution in [-0.2, 0) is 0 Å². The molecule has 4 heteroatoms. The first kappa shape index (κ1) is 8.07. The second-order valence-electron chi connectivity index (χ2n) is 2.39. The Morgan fingerprint density at radius 1 is 1.31 bits per heavy atom. The minimum Gasteiger partial charge on any atom is -0.296 e. The maximum absolute atomic E-state index is 10.6. The quantitative estimate of drug-likeness (QED) is 0.680. The topological polar surface area (TPSA) is 42.9 Å². The van der Waals surface area contributed by atoms with E-state index >= 15 is 0 Å². The first-order valence-electron chi connectivity index (χ1n) is 3.72. The third-order valence-corrected chi connectivity index (χ3v) is 2.42. The van der Waals surface area contributed by atoms with Crippen LogP contribution in [0.25, 0.3) is 10.6 Å². The molecule has 3 nitrogen and oxygen atoms in total. The largest absolute Gasteiger partial charge is 0.296 e. The molecule has 0 radical (unpaired) electrons. The van der Waals surface area contributed by atoms with E-state index in [1.807, 2.05) is 11.4 Å². The van der Waals surface area contributed by atoms with Gasteiger partial charge in [0.25, 0.3) is 0 Å². The summed E-state index contributed by atoms with van der Waals surface area (Å²) < 4.78 is 0. The van der Waals surface area contributed by atoms with Crippen LogP contribution in [0.3, 0.4) is 0 Å². The lowest BCUT2D eigenvalue weighted by Gasteiger charge is -1.97. The summed E-state index contributed by atoms with van der Waals surface area (Å²) in [5, 5.41) is 2.70. The molecule has 2 heterocycles. The summed E-state index contributed by atoms with van der Waals surface area (Å²) in [7, 11) is 0. The van der Waals surface area contributed by atoms with Crippen LogP contribution in [0, 0.1) is 0 Å². The van der Waals surface area contributed by atoms with Crippen LogP contribution < -0.4 is 0 Å². The number of aromatic nitrogens is 2. The van der Waals surface area contributed by atoms with E-state index in [9.17, 15) is 4.79 Å². The number of carbonyl (C=O) groups is 1. The maximum atomic E-state index is 10.6. The maximum Gasteiger partial charge on any atom is 0.169 e. The molecule has 2 aromatic rings. The van der Waals surface area contributed by atoms with Crippen molar-refractivity contribution in [1.82, 2.24) is 9.97 Å². The van der Waals surface area contributed by atoms with Gasteiger partial charge in [-0.3, -0.25) is 9.78 Å². The van der Waals surface area contributed by atoms with Gasteiger partial charge >= 0.3 is 0 Å². The molecule has 0 bridgehead atoms. The van der Waals surface area contributed by atoms with Crippen LogP contribution in [-0.4, -0.2) is 16.3 Å². The minimum atomic E-state index is 0.442. The van der Waals surface area contributed by atoms with Crippen molar-refractivity contribution in [2.75, 3.05) is 0 Å². The third-order valence-electron chi connectivity index (χ3n) is 1.61. The van der Waals surface area contributed by atoms with Crippen LogP contribution in [0.2, 0.25) is 0 Å². The molecule has 0 unspecified atom stereocenters. The molecule has 0 fully saturated rings. The molecule has 0 spiro atoms. The first-order chi connectivity index (χ1) is 6.42. The Morgan fingerprint density at radius 2 is 2.23 bits per heavy atom. The molecule has 0 saturated carbocycles. The number of nitrogens with zero attached hydrogens (tertiary/aromatic N) is 2. The van der Waals surface area contributed by atoms with Crippen molar-refractivity contribution in [3.8, 4) is 10.6 Å². The van der Waals surface area contributed by atoms with E-state index < -0.39 is 0 Å². The molecule has 2 aromatic heterocycles. The van der Waals surface area contributed by atoms with E-state index in [1.165, 1.54) is 11.3 Å². The van der Waals surface area contributed by atoms with Gasteiger partial charge < -0.3 is 0 Å². The highest BCUT2D eigenvalue weighted by molar-refractivity contribution is 7.13. The molecule has 0 N–H and O–H groups in total. The number of hydrogen-bond donors (Lipinski definition) is 0. The average Bonchev–Trinajstić information content (AvgIpc) is 2.70. The molecule has 0 aromatic carbocycles. The van der Waals surface area contributed by atoms with Gasteiger partial charge in [-0.2, -0.15) is 0 Å². The summed E-state index contributed by atoms with van der Waals surface area (Å²) in [6, 6.07) is 3.64. The molecule has 0 atom stereocenters. The van der Waals surface area contributed by atoms with E-state index in [1.54, 1.807) is 18.5 Å². The van der Waals surface area contributed by atoms with Crippen LogP contribution in [0.5, 0.6) is 0 Å². The average molecular weight is 190 g/mol. The van der Waals surface area contributed by atoms with Crippen molar-refractivity contribution >= 4 is 17.6 Å². The second kappa shape index (κ2) is 3.45. The number of thiazole rings is 1. The standard InChI is InChI=1S/C9H6N2OS/c12-6-8-7(2-1-3-10-8)9-11-4-5-13-9/h1-6H. The third kappa shape index (κ3) is 1.48. The predicted octanol–water partition coefficient (Wildman–Crippen LogP) is 2.02. The highest BCUT2D eigenvalue weighted by Gasteiger charge is 2.06. The fourth-order valence-electron chi connectivity index (χ4n) is 1.05. The summed E-state index contributed by atoms with van der Waals surface area (Å²) in [4.78, 5) is 18.7. The molecule has 2 rings (SSSR count). The number of carbonyl (C=O) groups excluding carboxylic acids is 1. The zero-order valence-corrected chi connectivity index (χ0v) is 7.49. The Morgan fingerprint density at radius 3 is 2.92 bits per heavy atom. The van der Waals surface area contributed by atoms with Gasteiger partial charge in [-0.05, 0) is 12.1 Å². The van der Waals surface area contributed by atoms with E-state index in [0.717, 1.165) is 16.9 Å². The second-order valence-corrected chi connectivity index (χ2v) is 3.29. The highest BCUT2D eigenvalue weighted by Crippen LogP contribution is 2.22. The zero-order chi connectivity index (χ0) is 9.10. The predicted molar refractivity (Wildman–Crippen MR) is 50.7 cm³/mol.